The van der Waals surface area contributed by atoms with Crippen LogP contribution in [0.2, 0.25) is 0 Å². The number of hydrogen-bond donors (Lipinski definition) is 2. The largest absolute Gasteiger partial charge is 0.351 e. The smallest absolute Gasteiger partial charge is 0.261 e. The topological polar surface area (TPSA) is 75.3 Å². The normalized spacial score (nSPS) is 15.1. The Morgan fingerprint density at radius 2 is 1.72 bits per heavy atom. The van der Waals surface area contributed by atoms with E-state index in [4.69, 9.17) is 0 Å². The van der Waals surface area contributed by atoms with Crippen LogP contribution in [0.5, 0.6) is 0 Å². The molecule has 3 rings (SSSR count). The van der Waals surface area contributed by atoms with Crippen molar-refractivity contribution >= 4 is 33.4 Å². The van der Waals surface area contributed by atoms with Gasteiger partial charge in [-0.15, -0.1) is 0 Å². The van der Waals surface area contributed by atoms with Crippen molar-refractivity contribution in [3.8, 4) is 0 Å². The Balaban J connectivity index is 1.60. The van der Waals surface area contributed by atoms with Crippen LogP contribution in [-0.2, 0) is 10.0 Å². The standard InChI is InChI=1S/C22H28N2O3S2/c1-17-11-13-19(14-12-17)29(26,27)24-21-10-6-5-9-20(21)22(25)23-15-16-28-18-7-3-2-4-8-18/h5-6,9-14,18,24H,2-4,7-8,15-16H2,1H3,(H,23,25). The minimum absolute atomic E-state index is 0.169. The lowest BCUT2D eigenvalue weighted by atomic mass is 10.0. The van der Waals surface area contributed by atoms with Crippen LogP contribution in [0.15, 0.2) is 53.4 Å². The number of sulfonamides is 1. The zero-order valence-corrected chi connectivity index (χ0v) is 18.3. The van der Waals surface area contributed by atoms with Gasteiger partial charge in [-0.05, 0) is 44.0 Å². The van der Waals surface area contributed by atoms with E-state index in [0.29, 0.717) is 17.4 Å². The molecule has 5 nitrogen and oxygen atoms in total. The van der Waals surface area contributed by atoms with Gasteiger partial charge in [0.15, 0.2) is 0 Å². The van der Waals surface area contributed by atoms with E-state index in [9.17, 15) is 13.2 Å². The molecule has 0 radical (unpaired) electrons. The predicted octanol–water partition coefficient (Wildman–Crippen LogP) is 4.59. The summed E-state index contributed by atoms with van der Waals surface area (Å²) in [6, 6.07) is 13.3. The number of anilines is 1. The third-order valence-electron chi connectivity index (χ3n) is 5.04. The van der Waals surface area contributed by atoms with Gasteiger partial charge in [0.05, 0.1) is 16.1 Å². The molecule has 0 spiro atoms. The highest BCUT2D eigenvalue weighted by Gasteiger charge is 2.19. The van der Waals surface area contributed by atoms with Gasteiger partial charge in [-0.2, -0.15) is 11.8 Å². The third kappa shape index (κ3) is 6.24. The number of nitrogens with one attached hydrogen (secondary N) is 2. The summed E-state index contributed by atoms with van der Waals surface area (Å²) in [5.74, 6) is 0.602. The summed E-state index contributed by atoms with van der Waals surface area (Å²) < 4.78 is 27.9. The first-order valence-electron chi connectivity index (χ1n) is 10.0. The summed E-state index contributed by atoms with van der Waals surface area (Å²) in [6.45, 7) is 2.47. The molecule has 2 aromatic rings. The number of amides is 1. The number of thioether (sulfide) groups is 1. The van der Waals surface area contributed by atoms with E-state index in [-0.39, 0.29) is 16.5 Å². The van der Waals surface area contributed by atoms with E-state index >= 15 is 0 Å². The zero-order valence-electron chi connectivity index (χ0n) is 16.7. The van der Waals surface area contributed by atoms with E-state index in [1.54, 1.807) is 48.5 Å². The molecular weight excluding hydrogens is 404 g/mol. The fraction of sp³-hybridized carbons (Fsp3) is 0.409. The monoisotopic (exact) mass is 432 g/mol. The minimum atomic E-state index is -3.76. The molecule has 1 fully saturated rings. The molecule has 0 aliphatic heterocycles. The van der Waals surface area contributed by atoms with E-state index in [0.717, 1.165) is 11.3 Å². The average molecular weight is 433 g/mol. The lowest BCUT2D eigenvalue weighted by molar-refractivity contribution is 0.0957. The van der Waals surface area contributed by atoms with Gasteiger partial charge >= 0.3 is 0 Å². The SMILES string of the molecule is Cc1ccc(S(=O)(=O)Nc2ccccc2C(=O)NCCSC2CCCCC2)cc1. The Kier molecular flexibility index (Phi) is 7.61. The van der Waals surface area contributed by atoms with Crippen LogP contribution < -0.4 is 10.0 Å². The Morgan fingerprint density at radius 3 is 2.45 bits per heavy atom. The Morgan fingerprint density at radius 1 is 1.03 bits per heavy atom. The van der Waals surface area contributed by atoms with Gasteiger partial charge in [0, 0.05) is 17.5 Å². The molecule has 2 N–H and O–H groups in total. The fourth-order valence-corrected chi connectivity index (χ4v) is 5.71. The first-order valence-corrected chi connectivity index (χ1v) is 12.6. The second kappa shape index (κ2) is 10.2. The molecule has 1 saturated carbocycles. The summed E-state index contributed by atoms with van der Waals surface area (Å²) in [7, 11) is -3.76. The number of carbonyl (C=O) groups is 1. The van der Waals surface area contributed by atoms with Crippen LogP contribution >= 0.6 is 11.8 Å². The van der Waals surface area contributed by atoms with Gasteiger partial charge in [-0.25, -0.2) is 8.42 Å². The van der Waals surface area contributed by atoms with Crippen LogP contribution in [0, 0.1) is 6.92 Å². The minimum Gasteiger partial charge on any atom is -0.351 e. The lowest BCUT2D eigenvalue weighted by Gasteiger charge is -2.21. The number of rotatable bonds is 8. The highest BCUT2D eigenvalue weighted by molar-refractivity contribution is 7.99. The van der Waals surface area contributed by atoms with Crippen molar-refractivity contribution in [3.63, 3.8) is 0 Å². The van der Waals surface area contributed by atoms with Crippen molar-refractivity contribution in [2.45, 2.75) is 49.2 Å². The van der Waals surface area contributed by atoms with Crippen LogP contribution in [0.25, 0.3) is 0 Å². The molecule has 29 heavy (non-hydrogen) atoms. The second-order valence-corrected chi connectivity index (χ2v) is 10.4. The van der Waals surface area contributed by atoms with E-state index in [2.05, 4.69) is 10.0 Å². The van der Waals surface area contributed by atoms with Gasteiger partial charge in [-0.3, -0.25) is 9.52 Å². The second-order valence-electron chi connectivity index (χ2n) is 7.35. The van der Waals surface area contributed by atoms with Gasteiger partial charge in [0.25, 0.3) is 15.9 Å². The molecule has 1 amide bonds. The first-order chi connectivity index (χ1) is 14.0. The van der Waals surface area contributed by atoms with Crippen molar-refractivity contribution in [1.29, 1.82) is 0 Å². The number of para-hydroxylation sites is 1. The molecule has 2 aromatic carbocycles. The molecule has 0 atom stereocenters. The molecule has 0 heterocycles. The lowest BCUT2D eigenvalue weighted by Crippen LogP contribution is -2.27. The quantitative estimate of drug-likeness (QED) is 0.598. The number of hydrogen-bond acceptors (Lipinski definition) is 4. The molecule has 0 aromatic heterocycles. The van der Waals surface area contributed by atoms with E-state index in [1.165, 1.54) is 32.1 Å². The average Bonchev–Trinajstić information content (AvgIpc) is 2.72. The van der Waals surface area contributed by atoms with Crippen LogP contribution in [0.1, 0.15) is 48.0 Å². The highest BCUT2D eigenvalue weighted by Crippen LogP contribution is 2.27. The zero-order chi connectivity index (χ0) is 20.7. The summed E-state index contributed by atoms with van der Waals surface area (Å²) in [4.78, 5) is 12.8. The maximum absolute atomic E-state index is 12.7. The molecule has 0 saturated heterocycles. The van der Waals surface area contributed by atoms with Gasteiger partial charge in [-0.1, -0.05) is 49.1 Å². The van der Waals surface area contributed by atoms with Gasteiger partial charge in [0.2, 0.25) is 0 Å². The van der Waals surface area contributed by atoms with E-state index in [1.807, 2.05) is 18.7 Å². The fourth-order valence-electron chi connectivity index (χ4n) is 3.41. The molecule has 0 unspecified atom stereocenters. The molecule has 156 valence electrons. The van der Waals surface area contributed by atoms with Crippen molar-refractivity contribution in [3.05, 3.63) is 59.7 Å². The predicted molar refractivity (Wildman–Crippen MR) is 120 cm³/mol. The number of carbonyl (C=O) groups excluding carboxylic acids is 1. The Labute approximate surface area is 177 Å². The van der Waals surface area contributed by atoms with Crippen molar-refractivity contribution in [1.82, 2.24) is 5.32 Å². The van der Waals surface area contributed by atoms with Crippen molar-refractivity contribution in [2.24, 2.45) is 0 Å². The highest BCUT2D eigenvalue weighted by atomic mass is 32.2. The van der Waals surface area contributed by atoms with E-state index < -0.39 is 10.0 Å². The maximum Gasteiger partial charge on any atom is 0.261 e. The summed E-state index contributed by atoms with van der Waals surface area (Å²) in [6.07, 6.45) is 6.48. The van der Waals surface area contributed by atoms with Crippen LogP contribution in [-0.4, -0.2) is 31.9 Å². The van der Waals surface area contributed by atoms with Crippen molar-refractivity contribution < 1.29 is 13.2 Å². The number of aryl methyl sites for hydroxylation is 1. The third-order valence-corrected chi connectivity index (χ3v) is 7.80. The molecule has 0 bridgehead atoms. The Hall–Kier alpha value is -1.99. The molecular formula is C22H28N2O3S2. The molecule has 1 aliphatic carbocycles. The van der Waals surface area contributed by atoms with Crippen LogP contribution in [0.3, 0.4) is 0 Å². The van der Waals surface area contributed by atoms with Gasteiger partial charge < -0.3 is 5.32 Å². The van der Waals surface area contributed by atoms with Crippen LogP contribution in [0.4, 0.5) is 5.69 Å². The molecule has 1 aliphatic rings. The number of benzene rings is 2. The summed E-state index contributed by atoms with van der Waals surface area (Å²) in [5.41, 5.74) is 1.59. The Bertz CT molecular complexity index is 921. The van der Waals surface area contributed by atoms with Crippen molar-refractivity contribution in [2.75, 3.05) is 17.0 Å². The maximum atomic E-state index is 12.7. The molecule has 7 heteroatoms. The first kappa shape index (κ1) is 21.7. The summed E-state index contributed by atoms with van der Waals surface area (Å²) >= 11 is 1.92. The summed E-state index contributed by atoms with van der Waals surface area (Å²) in [5, 5.41) is 3.62. The van der Waals surface area contributed by atoms with Gasteiger partial charge in [0.1, 0.15) is 0 Å².